The van der Waals surface area contributed by atoms with Gasteiger partial charge in [0.15, 0.2) is 0 Å². The molecule has 146 valence electrons. The predicted octanol–water partition coefficient (Wildman–Crippen LogP) is 1.94. The van der Waals surface area contributed by atoms with E-state index in [9.17, 15) is 18.8 Å². The van der Waals surface area contributed by atoms with E-state index in [1.807, 2.05) is 0 Å². The molecule has 8 heteroatoms. The van der Waals surface area contributed by atoms with Crippen molar-refractivity contribution in [2.45, 2.75) is 6.42 Å². The minimum absolute atomic E-state index is 0.0390. The number of ether oxygens (including phenoxy) is 1. The van der Waals surface area contributed by atoms with Crippen LogP contribution in [0.3, 0.4) is 0 Å². The molecule has 1 aliphatic heterocycles. The highest BCUT2D eigenvalue weighted by Crippen LogP contribution is 2.25. The van der Waals surface area contributed by atoms with Crippen molar-refractivity contribution in [2.24, 2.45) is 5.92 Å². The van der Waals surface area contributed by atoms with E-state index in [0.29, 0.717) is 17.1 Å². The summed E-state index contributed by atoms with van der Waals surface area (Å²) in [7, 11) is 1.50. The number of methoxy groups -OCH3 is 1. The molecule has 1 fully saturated rings. The topological polar surface area (TPSA) is 87.7 Å². The third-order valence-electron chi connectivity index (χ3n) is 4.44. The van der Waals surface area contributed by atoms with Gasteiger partial charge in [-0.3, -0.25) is 14.4 Å². The number of nitrogens with zero attached hydrogens (tertiary/aromatic N) is 1. The lowest BCUT2D eigenvalue weighted by Gasteiger charge is -2.16. The summed E-state index contributed by atoms with van der Waals surface area (Å²) < 4.78 is 18.2. The standard InChI is InChI=1S/C20H20FN3O4/c1-28-17-5-3-2-4-16(17)23-18(25)11-22-20(27)13-10-19(26)24(12-13)15-8-6-14(21)7-9-15/h2-9,13H,10-12H2,1H3,(H,22,27)(H,23,25)/t13-/m0/s1. The average molecular weight is 385 g/mol. The van der Waals surface area contributed by atoms with E-state index in [2.05, 4.69) is 10.6 Å². The second-order valence-electron chi connectivity index (χ2n) is 6.35. The number of amides is 3. The molecule has 7 nitrogen and oxygen atoms in total. The molecule has 0 aliphatic carbocycles. The first-order valence-electron chi connectivity index (χ1n) is 8.74. The number of halogens is 1. The van der Waals surface area contributed by atoms with Crippen molar-refractivity contribution in [2.75, 3.05) is 30.4 Å². The molecule has 0 bridgehead atoms. The average Bonchev–Trinajstić information content (AvgIpc) is 3.09. The van der Waals surface area contributed by atoms with E-state index in [1.165, 1.54) is 36.3 Å². The number of hydrogen-bond acceptors (Lipinski definition) is 4. The van der Waals surface area contributed by atoms with Crippen LogP contribution < -0.4 is 20.3 Å². The van der Waals surface area contributed by atoms with Gasteiger partial charge in [0.1, 0.15) is 11.6 Å². The molecule has 0 radical (unpaired) electrons. The van der Waals surface area contributed by atoms with Gasteiger partial charge in [-0.2, -0.15) is 0 Å². The Labute approximate surface area is 161 Å². The van der Waals surface area contributed by atoms with Gasteiger partial charge in [0, 0.05) is 18.7 Å². The summed E-state index contributed by atoms with van der Waals surface area (Å²) >= 11 is 0. The summed E-state index contributed by atoms with van der Waals surface area (Å²) in [5, 5.41) is 5.22. The highest BCUT2D eigenvalue weighted by molar-refractivity contribution is 6.01. The van der Waals surface area contributed by atoms with Crippen molar-refractivity contribution in [3.05, 3.63) is 54.3 Å². The van der Waals surface area contributed by atoms with E-state index in [0.717, 1.165) is 0 Å². The van der Waals surface area contributed by atoms with Crippen LogP contribution >= 0.6 is 0 Å². The van der Waals surface area contributed by atoms with Gasteiger partial charge in [0.2, 0.25) is 17.7 Å². The van der Waals surface area contributed by atoms with Gasteiger partial charge in [0.05, 0.1) is 25.3 Å². The fourth-order valence-corrected chi connectivity index (χ4v) is 3.01. The monoisotopic (exact) mass is 385 g/mol. The van der Waals surface area contributed by atoms with Crippen LogP contribution in [0.5, 0.6) is 5.75 Å². The molecule has 3 amide bonds. The first-order chi connectivity index (χ1) is 13.5. The number of carbonyl (C=O) groups excluding carboxylic acids is 3. The van der Waals surface area contributed by atoms with Gasteiger partial charge in [0.25, 0.3) is 0 Å². The van der Waals surface area contributed by atoms with Crippen LogP contribution in [0.15, 0.2) is 48.5 Å². The summed E-state index contributed by atoms with van der Waals surface area (Å²) in [4.78, 5) is 38.1. The van der Waals surface area contributed by atoms with Gasteiger partial charge in [-0.05, 0) is 36.4 Å². The van der Waals surface area contributed by atoms with Crippen LogP contribution in [-0.2, 0) is 14.4 Å². The largest absolute Gasteiger partial charge is 0.495 e. The Morgan fingerprint density at radius 3 is 2.61 bits per heavy atom. The Kier molecular flexibility index (Phi) is 5.88. The Morgan fingerprint density at radius 1 is 1.18 bits per heavy atom. The lowest BCUT2D eigenvalue weighted by Crippen LogP contribution is -2.38. The maximum Gasteiger partial charge on any atom is 0.243 e. The summed E-state index contributed by atoms with van der Waals surface area (Å²) in [6.07, 6.45) is 0.0390. The molecule has 0 spiro atoms. The number of benzene rings is 2. The number of para-hydroxylation sites is 2. The van der Waals surface area contributed by atoms with Crippen molar-refractivity contribution in [3.8, 4) is 5.75 Å². The summed E-state index contributed by atoms with van der Waals surface area (Å²) in [6, 6.07) is 12.4. The molecule has 0 unspecified atom stereocenters. The fourth-order valence-electron chi connectivity index (χ4n) is 3.01. The molecule has 2 aromatic rings. The van der Waals surface area contributed by atoms with Gasteiger partial charge in [-0.25, -0.2) is 4.39 Å². The molecular formula is C20H20FN3O4. The first kappa shape index (κ1) is 19.3. The first-order valence-corrected chi connectivity index (χ1v) is 8.74. The number of rotatable bonds is 6. The van der Waals surface area contributed by atoms with E-state index in [-0.39, 0.29) is 31.3 Å². The number of hydrogen-bond donors (Lipinski definition) is 2. The second kappa shape index (κ2) is 8.51. The molecule has 0 saturated carbocycles. The highest BCUT2D eigenvalue weighted by atomic mass is 19.1. The number of carbonyl (C=O) groups is 3. The maximum absolute atomic E-state index is 13.0. The van der Waals surface area contributed by atoms with Gasteiger partial charge in [-0.1, -0.05) is 12.1 Å². The third-order valence-corrected chi connectivity index (χ3v) is 4.44. The SMILES string of the molecule is COc1ccccc1NC(=O)CNC(=O)[C@H]1CC(=O)N(c2ccc(F)cc2)C1. The molecule has 2 aromatic carbocycles. The van der Waals surface area contributed by atoms with Crippen molar-refractivity contribution in [3.63, 3.8) is 0 Å². The van der Waals surface area contributed by atoms with Crippen LogP contribution in [-0.4, -0.2) is 37.9 Å². The predicted molar refractivity (Wildman–Crippen MR) is 101 cm³/mol. The van der Waals surface area contributed by atoms with E-state index >= 15 is 0 Å². The quantitative estimate of drug-likeness (QED) is 0.796. The van der Waals surface area contributed by atoms with Crippen LogP contribution in [0, 0.1) is 11.7 Å². The second-order valence-corrected chi connectivity index (χ2v) is 6.35. The zero-order chi connectivity index (χ0) is 20.1. The minimum Gasteiger partial charge on any atom is -0.495 e. The van der Waals surface area contributed by atoms with Crippen molar-refractivity contribution >= 4 is 29.1 Å². The lowest BCUT2D eigenvalue weighted by molar-refractivity contribution is -0.127. The van der Waals surface area contributed by atoms with Crippen LogP contribution in [0.1, 0.15) is 6.42 Å². The minimum atomic E-state index is -0.573. The van der Waals surface area contributed by atoms with Gasteiger partial charge in [-0.15, -0.1) is 0 Å². The molecular weight excluding hydrogens is 365 g/mol. The van der Waals surface area contributed by atoms with Crippen molar-refractivity contribution in [1.82, 2.24) is 5.32 Å². The molecule has 1 atom stereocenters. The Balaban J connectivity index is 1.53. The third kappa shape index (κ3) is 4.46. The summed E-state index contributed by atoms with van der Waals surface area (Å²) in [5.41, 5.74) is 1.04. The molecule has 0 aromatic heterocycles. The Hall–Kier alpha value is -3.42. The summed E-state index contributed by atoms with van der Waals surface area (Å²) in [6.45, 7) is -0.0391. The van der Waals surface area contributed by atoms with Gasteiger partial charge < -0.3 is 20.3 Å². The molecule has 3 rings (SSSR count). The lowest BCUT2D eigenvalue weighted by atomic mass is 10.1. The highest BCUT2D eigenvalue weighted by Gasteiger charge is 2.35. The Bertz CT molecular complexity index is 885. The zero-order valence-electron chi connectivity index (χ0n) is 15.3. The van der Waals surface area contributed by atoms with Crippen molar-refractivity contribution < 1.29 is 23.5 Å². The number of anilines is 2. The maximum atomic E-state index is 13.0. The van der Waals surface area contributed by atoms with Gasteiger partial charge >= 0.3 is 0 Å². The number of nitrogens with one attached hydrogen (secondary N) is 2. The normalized spacial score (nSPS) is 16.0. The van der Waals surface area contributed by atoms with Crippen LogP contribution in [0.4, 0.5) is 15.8 Å². The van der Waals surface area contributed by atoms with E-state index in [1.54, 1.807) is 24.3 Å². The van der Waals surface area contributed by atoms with Crippen LogP contribution in [0.2, 0.25) is 0 Å². The smallest absolute Gasteiger partial charge is 0.243 e. The fraction of sp³-hybridized carbons (Fsp3) is 0.250. The van der Waals surface area contributed by atoms with E-state index < -0.39 is 17.6 Å². The molecule has 28 heavy (non-hydrogen) atoms. The van der Waals surface area contributed by atoms with E-state index in [4.69, 9.17) is 4.74 Å². The molecule has 2 N–H and O–H groups in total. The molecule has 1 heterocycles. The Morgan fingerprint density at radius 2 is 1.89 bits per heavy atom. The zero-order valence-corrected chi connectivity index (χ0v) is 15.3. The van der Waals surface area contributed by atoms with Crippen molar-refractivity contribution in [1.29, 1.82) is 0 Å². The molecule has 1 aliphatic rings. The summed E-state index contributed by atoms with van der Waals surface area (Å²) in [5.74, 6) is -1.46. The van der Waals surface area contributed by atoms with Crippen LogP contribution in [0.25, 0.3) is 0 Å². The molecule has 1 saturated heterocycles.